The van der Waals surface area contributed by atoms with E-state index in [-0.39, 0.29) is 0 Å². The van der Waals surface area contributed by atoms with Gasteiger partial charge in [-0.15, -0.1) is 0 Å². The molecule has 2 aromatic heterocycles. The zero-order chi connectivity index (χ0) is 16.9. The molecule has 1 aliphatic heterocycles. The molecule has 1 atom stereocenters. The predicted octanol–water partition coefficient (Wildman–Crippen LogP) is 2.72. The van der Waals surface area contributed by atoms with E-state index in [1.54, 1.807) is 0 Å². The van der Waals surface area contributed by atoms with E-state index in [4.69, 9.17) is 4.98 Å². The van der Waals surface area contributed by atoms with Crippen LogP contribution in [0, 0.1) is 6.92 Å². The molecular formula is C18H26N6. The third-order valence-electron chi connectivity index (χ3n) is 4.41. The summed E-state index contributed by atoms with van der Waals surface area (Å²) in [5, 5.41) is 3.38. The van der Waals surface area contributed by atoms with Gasteiger partial charge in [0.15, 0.2) is 0 Å². The molecule has 1 saturated heterocycles. The van der Waals surface area contributed by atoms with Crippen LogP contribution >= 0.6 is 0 Å². The molecule has 0 aromatic carbocycles. The highest BCUT2D eigenvalue weighted by molar-refractivity contribution is 5.48. The van der Waals surface area contributed by atoms with E-state index in [1.165, 1.54) is 0 Å². The minimum Gasteiger partial charge on any atom is -0.353 e. The molecule has 24 heavy (non-hydrogen) atoms. The number of anilines is 3. The molecule has 0 aliphatic carbocycles. The summed E-state index contributed by atoms with van der Waals surface area (Å²) in [6.45, 7) is 10.1. The summed E-state index contributed by atoms with van der Waals surface area (Å²) >= 11 is 0. The lowest BCUT2D eigenvalue weighted by Gasteiger charge is -2.36. The van der Waals surface area contributed by atoms with E-state index in [2.05, 4.69) is 51.1 Å². The van der Waals surface area contributed by atoms with E-state index in [0.29, 0.717) is 6.04 Å². The second-order valence-corrected chi connectivity index (χ2v) is 6.31. The fraction of sp³-hybridized carbons (Fsp3) is 0.500. The van der Waals surface area contributed by atoms with Gasteiger partial charge in [0.25, 0.3) is 0 Å². The number of nitrogens with zero attached hydrogens (tertiary/aromatic N) is 5. The normalized spacial score (nSPS) is 16.1. The van der Waals surface area contributed by atoms with Gasteiger partial charge in [0.05, 0.1) is 0 Å². The second kappa shape index (κ2) is 7.47. The Morgan fingerprint density at radius 2 is 1.79 bits per heavy atom. The van der Waals surface area contributed by atoms with Crippen LogP contribution in [0.3, 0.4) is 0 Å². The monoisotopic (exact) mass is 326 g/mol. The molecule has 0 spiro atoms. The molecule has 2 aromatic rings. The SMILES string of the molecule is CCC(C)Nc1nc(C)cc(N2CCN(c3ccccn3)CC2)n1. The third-order valence-corrected chi connectivity index (χ3v) is 4.41. The maximum atomic E-state index is 4.71. The van der Waals surface area contributed by atoms with Gasteiger partial charge in [-0.25, -0.2) is 9.97 Å². The summed E-state index contributed by atoms with van der Waals surface area (Å²) in [6.07, 6.45) is 2.90. The lowest BCUT2D eigenvalue weighted by molar-refractivity contribution is 0.640. The van der Waals surface area contributed by atoms with Crippen LogP contribution in [0.25, 0.3) is 0 Å². The van der Waals surface area contributed by atoms with Crippen molar-refractivity contribution < 1.29 is 0 Å². The number of hydrogen-bond donors (Lipinski definition) is 1. The van der Waals surface area contributed by atoms with Gasteiger partial charge in [-0.3, -0.25) is 0 Å². The highest BCUT2D eigenvalue weighted by Crippen LogP contribution is 2.19. The number of nitrogens with one attached hydrogen (secondary N) is 1. The maximum absolute atomic E-state index is 4.71. The number of pyridine rings is 1. The first-order valence-electron chi connectivity index (χ1n) is 8.69. The molecule has 0 amide bonds. The van der Waals surface area contributed by atoms with Crippen LogP contribution in [0.2, 0.25) is 0 Å². The Bertz CT molecular complexity index is 652. The Balaban J connectivity index is 1.67. The number of rotatable bonds is 5. The van der Waals surface area contributed by atoms with Crippen LogP contribution in [0.5, 0.6) is 0 Å². The average Bonchev–Trinajstić information content (AvgIpc) is 2.62. The fourth-order valence-corrected chi connectivity index (χ4v) is 2.81. The van der Waals surface area contributed by atoms with Gasteiger partial charge in [-0.1, -0.05) is 13.0 Å². The molecule has 0 saturated carbocycles. The molecular weight excluding hydrogens is 300 g/mol. The minimum atomic E-state index is 0.376. The molecule has 1 aliphatic rings. The third kappa shape index (κ3) is 3.93. The first-order valence-corrected chi connectivity index (χ1v) is 8.69. The maximum Gasteiger partial charge on any atom is 0.225 e. The fourth-order valence-electron chi connectivity index (χ4n) is 2.81. The topological polar surface area (TPSA) is 57.2 Å². The average molecular weight is 326 g/mol. The highest BCUT2D eigenvalue weighted by Gasteiger charge is 2.20. The number of aromatic nitrogens is 3. The van der Waals surface area contributed by atoms with E-state index in [0.717, 1.165) is 55.9 Å². The van der Waals surface area contributed by atoms with E-state index in [1.807, 2.05) is 25.3 Å². The van der Waals surface area contributed by atoms with Crippen molar-refractivity contribution in [3.05, 3.63) is 36.2 Å². The van der Waals surface area contributed by atoms with Gasteiger partial charge >= 0.3 is 0 Å². The number of piperazine rings is 1. The van der Waals surface area contributed by atoms with Gasteiger partial charge in [0, 0.05) is 50.2 Å². The summed E-state index contributed by atoms with van der Waals surface area (Å²) in [5.41, 5.74) is 0.998. The molecule has 6 nitrogen and oxygen atoms in total. The Labute approximate surface area is 143 Å². The molecule has 1 fully saturated rings. The molecule has 1 unspecified atom stereocenters. The van der Waals surface area contributed by atoms with Crippen molar-refractivity contribution in [2.45, 2.75) is 33.2 Å². The Morgan fingerprint density at radius 3 is 2.42 bits per heavy atom. The molecule has 3 heterocycles. The molecule has 128 valence electrons. The summed E-state index contributed by atoms with van der Waals surface area (Å²) in [5.74, 6) is 2.79. The Kier molecular flexibility index (Phi) is 5.13. The largest absolute Gasteiger partial charge is 0.353 e. The molecule has 1 N–H and O–H groups in total. The summed E-state index contributed by atoms with van der Waals surface area (Å²) < 4.78 is 0. The van der Waals surface area contributed by atoms with Crippen molar-refractivity contribution in [1.82, 2.24) is 15.0 Å². The van der Waals surface area contributed by atoms with E-state index >= 15 is 0 Å². The summed E-state index contributed by atoms with van der Waals surface area (Å²) in [7, 11) is 0. The van der Waals surface area contributed by atoms with Gasteiger partial charge < -0.3 is 15.1 Å². The molecule has 0 radical (unpaired) electrons. The lowest BCUT2D eigenvalue weighted by atomic mass is 10.2. The van der Waals surface area contributed by atoms with Crippen LogP contribution in [0.4, 0.5) is 17.6 Å². The lowest BCUT2D eigenvalue weighted by Crippen LogP contribution is -2.47. The van der Waals surface area contributed by atoms with Crippen molar-refractivity contribution in [2.75, 3.05) is 41.3 Å². The van der Waals surface area contributed by atoms with Crippen molar-refractivity contribution >= 4 is 17.6 Å². The summed E-state index contributed by atoms with van der Waals surface area (Å²) in [4.78, 5) is 18.3. The highest BCUT2D eigenvalue weighted by atomic mass is 15.3. The van der Waals surface area contributed by atoms with Gasteiger partial charge in [-0.05, 0) is 32.4 Å². The second-order valence-electron chi connectivity index (χ2n) is 6.31. The smallest absolute Gasteiger partial charge is 0.225 e. The van der Waals surface area contributed by atoms with E-state index in [9.17, 15) is 0 Å². The van der Waals surface area contributed by atoms with Crippen LogP contribution in [-0.2, 0) is 0 Å². The first-order chi connectivity index (χ1) is 11.7. The summed E-state index contributed by atoms with van der Waals surface area (Å²) in [6, 6.07) is 8.50. The van der Waals surface area contributed by atoms with Crippen LogP contribution in [0.15, 0.2) is 30.5 Å². The zero-order valence-electron chi connectivity index (χ0n) is 14.7. The quantitative estimate of drug-likeness (QED) is 0.912. The molecule has 6 heteroatoms. The molecule has 3 rings (SSSR count). The van der Waals surface area contributed by atoms with Crippen molar-refractivity contribution in [1.29, 1.82) is 0 Å². The van der Waals surface area contributed by atoms with Gasteiger partial charge in [0.1, 0.15) is 11.6 Å². The minimum absolute atomic E-state index is 0.376. The van der Waals surface area contributed by atoms with Crippen molar-refractivity contribution in [2.24, 2.45) is 0 Å². The Morgan fingerprint density at radius 1 is 1.08 bits per heavy atom. The van der Waals surface area contributed by atoms with Crippen LogP contribution in [0.1, 0.15) is 26.0 Å². The Hall–Kier alpha value is -2.37. The standard InChI is InChI=1S/C18H26N6/c1-4-14(2)20-18-21-15(3)13-17(22-18)24-11-9-23(10-12-24)16-7-5-6-8-19-16/h5-8,13-14H,4,9-12H2,1-3H3,(H,20,21,22). The van der Waals surface area contributed by atoms with Crippen molar-refractivity contribution in [3.63, 3.8) is 0 Å². The zero-order valence-corrected chi connectivity index (χ0v) is 14.7. The number of aryl methyl sites for hydroxylation is 1. The van der Waals surface area contributed by atoms with Gasteiger partial charge in [-0.2, -0.15) is 4.98 Å². The van der Waals surface area contributed by atoms with E-state index < -0.39 is 0 Å². The van der Waals surface area contributed by atoms with Gasteiger partial charge in [0.2, 0.25) is 5.95 Å². The van der Waals surface area contributed by atoms with Crippen LogP contribution in [-0.4, -0.2) is 47.2 Å². The van der Waals surface area contributed by atoms with Crippen LogP contribution < -0.4 is 15.1 Å². The molecule has 0 bridgehead atoms. The number of hydrogen-bond acceptors (Lipinski definition) is 6. The first kappa shape index (κ1) is 16.5. The predicted molar refractivity (Wildman–Crippen MR) is 98.8 cm³/mol. The van der Waals surface area contributed by atoms with Crippen molar-refractivity contribution in [3.8, 4) is 0 Å².